The van der Waals surface area contributed by atoms with E-state index in [2.05, 4.69) is 52.7 Å². The quantitative estimate of drug-likeness (QED) is 0.881. The molecule has 1 fully saturated rings. The number of nitrogens with one attached hydrogen (secondary N) is 1. The van der Waals surface area contributed by atoms with Gasteiger partial charge in [-0.3, -0.25) is 4.68 Å². The Bertz CT molecular complexity index is 552. The fourth-order valence-electron chi connectivity index (χ4n) is 2.82. The zero-order chi connectivity index (χ0) is 14.5. The van der Waals surface area contributed by atoms with E-state index in [-0.39, 0.29) is 0 Å². The summed E-state index contributed by atoms with van der Waals surface area (Å²) in [6.45, 7) is 6.38. The fourth-order valence-corrected chi connectivity index (χ4v) is 2.82. The van der Waals surface area contributed by atoms with Crippen LogP contribution in [0.3, 0.4) is 0 Å². The first kappa shape index (κ1) is 14.0. The molecule has 0 amide bonds. The molecule has 4 nitrogen and oxygen atoms in total. The summed E-state index contributed by atoms with van der Waals surface area (Å²) in [7, 11) is 0. The average molecular weight is 284 g/mol. The molecular formula is C17H24N4. The van der Waals surface area contributed by atoms with Crippen LogP contribution in [0.4, 0.5) is 11.4 Å². The van der Waals surface area contributed by atoms with E-state index in [1.54, 1.807) is 0 Å². The minimum Gasteiger partial charge on any atom is -0.381 e. The lowest BCUT2D eigenvalue weighted by Gasteiger charge is -2.17. The molecular weight excluding hydrogens is 260 g/mol. The maximum absolute atomic E-state index is 4.35. The van der Waals surface area contributed by atoms with Gasteiger partial charge in [0, 0.05) is 49.3 Å². The van der Waals surface area contributed by atoms with Gasteiger partial charge in [-0.25, -0.2) is 0 Å². The third-order valence-corrected chi connectivity index (χ3v) is 3.97. The summed E-state index contributed by atoms with van der Waals surface area (Å²) in [5, 5.41) is 7.82. The minimum absolute atomic E-state index is 0.826. The van der Waals surface area contributed by atoms with E-state index < -0.39 is 0 Å². The molecule has 1 N–H and O–H groups in total. The smallest absolute Gasteiger partial charge is 0.0539 e. The third kappa shape index (κ3) is 3.57. The molecule has 2 aromatic rings. The summed E-state index contributed by atoms with van der Waals surface area (Å²) >= 11 is 0. The molecule has 1 aliphatic rings. The zero-order valence-electron chi connectivity index (χ0n) is 12.8. The van der Waals surface area contributed by atoms with Gasteiger partial charge in [0.05, 0.1) is 6.20 Å². The highest BCUT2D eigenvalue weighted by molar-refractivity contribution is 5.55. The van der Waals surface area contributed by atoms with E-state index in [1.807, 2.05) is 10.9 Å². The van der Waals surface area contributed by atoms with Gasteiger partial charge in [-0.2, -0.15) is 5.10 Å². The van der Waals surface area contributed by atoms with Gasteiger partial charge in [0.15, 0.2) is 0 Å². The molecule has 0 bridgehead atoms. The van der Waals surface area contributed by atoms with Crippen molar-refractivity contribution >= 4 is 11.4 Å². The van der Waals surface area contributed by atoms with E-state index in [0.717, 1.165) is 19.5 Å². The second-order valence-corrected chi connectivity index (χ2v) is 5.71. The Morgan fingerprint density at radius 3 is 2.62 bits per heavy atom. The number of benzene rings is 1. The van der Waals surface area contributed by atoms with Gasteiger partial charge in [0.1, 0.15) is 0 Å². The van der Waals surface area contributed by atoms with E-state index >= 15 is 0 Å². The van der Waals surface area contributed by atoms with Crippen LogP contribution in [0.15, 0.2) is 36.7 Å². The number of hydrogen-bond acceptors (Lipinski definition) is 3. The van der Waals surface area contributed by atoms with E-state index in [9.17, 15) is 0 Å². The van der Waals surface area contributed by atoms with Gasteiger partial charge in [0.2, 0.25) is 0 Å². The average Bonchev–Trinajstić information content (AvgIpc) is 3.18. The van der Waals surface area contributed by atoms with Crippen molar-refractivity contribution in [3.05, 3.63) is 42.2 Å². The van der Waals surface area contributed by atoms with Crippen LogP contribution in [0.25, 0.3) is 0 Å². The zero-order valence-corrected chi connectivity index (χ0v) is 12.8. The molecule has 2 heterocycles. The predicted octanol–water partition coefficient (Wildman–Crippen LogP) is 3.51. The molecule has 0 saturated carbocycles. The number of anilines is 2. The topological polar surface area (TPSA) is 33.1 Å². The summed E-state index contributed by atoms with van der Waals surface area (Å²) in [5.41, 5.74) is 3.74. The lowest BCUT2D eigenvalue weighted by molar-refractivity contribution is 0.602. The molecule has 0 radical (unpaired) electrons. The number of rotatable bonds is 6. The van der Waals surface area contributed by atoms with Crippen molar-refractivity contribution in [3.63, 3.8) is 0 Å². The van der Waals surface area contributed by atoms with Crippen molar-refractivity contribution in [1.82, 2.24) is 9.78 Å². The van der Waals surface area contributed by atoms with Gasteiger partial charge in [0.25, 0.3) is 0 Å². The third-order valence-electron chi connectivity index (χ3n) is 3.97. The highest BCUT2D eigenvalue weighted by Crippen LogP contribution is 2.22. The summed E-state index contributed by atoms with van der Waals surface area (Å²) in [5.74, 6) is 0. The Labute approximate surface area is 126 Å². The van der Waals surface area contributed by atoms with Crippen molar-refractivity contribution in [2.24, 2.45) is 0 Å². The Balaban J connectivity index is 1.54. The summed E-state index contributed by atoms with van der Waals surface area (Å²) in [4.78, 5) is 2.46. The largest absolute Gasteiger partial charge is 0.381 e. The van der Waals surface area contributed by atoms with Crippen molar-refractivity contribution < 1.29 is 0 Å². The number of hydrogen-bond donors (Lipinski definition) is 1. The first-order valence-electron chi connectivity index (χ1n) is 7.95. The van der Waals surface area contributed by atoms with Crippen LogP contribution >= 0.6 is 0 Å². The van der Waals surface area contributed by atoms with E-state index in [0.29, 0.717) is 0 Å². The van der Waals surface area contributed by atoms with Crippen molar-refractivity contribution in [1.29, 1.82) is 0 Å². The van der Waals surface area contributed by atoms with Crippen LogP contribution in [-0.2, 0) is 13.1 Å². The molecule has 1 aliphatic heterocycles. The Hall–Kier alpha value is -1.97. The molecule has 0 aliphatic carbocycles. The van der Waals surface area contributed by atoms with Crippen molar-refractivity contribution in [2.75, 3.05) is 23.3 Å². The predicted molar refractivity (Wildman–Crippen MR) is 87.7 cm³/mol. The second kappa shape index (κ2) is 6.66. The van der Waals surface area contributed by atoms with Crippen LogP contribution in [0.1, 0.15) is 31.7 Å². The van der Waals surface area contributed by atoms with Gasteiger partial charge < -0.3 is 10.2 Å². The van der Waals surface area contributed by atoms with Crippen molar-refractivity contribution in [2.45, 2.75) is 39.3 Å². The van der Waals surface area contributed by atoms with Gasteiger partial charge in [-0.15, -0.1) is 0 Å². The molecule has 1 aromatic carbocycles. The molecule has 0 unspecified atom stereocenters. The normalized spacial score (nSPS) is 14.6. The highest BCUT2D eigenvalue weighted by Gasteiger charge is 2.11. The highest BCUT2D eigenvalue weighted by atomic mass is 15.3. The molecule has 4 heteroatoms. The first-order chi connectivity index (χ1) is 10.3. The van der Waals surface area contributed by atoms with Crippen molar-refractivity contribution in [3.8, 4) is 0 Å². The molecule has 1 saturated heterocycles. The van der Waals surface area contributed by atoms with Crippen LogP contribution in [0.2, 0.25) is 0 Å². The lowest BCUT2D eigenvalue weighted by Crippen LogP contribution is -2.17. The molecule has 0 atom stereocenters. The number of aromatic nitrogens is 2. The molecule has 1 aromatic heterocycles. The van der Waals surface area contributed by atoms with Gasteiger partial charge in [-0.05, 0) is 43.5 Å². The second-order valence-electron chi connectivity index (χ2n) is 5.71. The summed E-state index contributed by atoms with van der Waals surface area (Å²) in [6.07, 6.45) is 7.83. The molecule has 21 heavy (non-hydrogen) atoms. The first-order valence-corrected chi connectivity index (χ1v) is 7.95. The number of aryl methyl sites for hydroxylation is 1. The maximum Gasteiger partial charge on any atom is 0.0539 e. The Kier molecular flexibility index (Phi) is 4.43. The summed E-state index contributed by atoms with van der Waals surface area (Å²) < 4.78 is 2.01. The van der Waals surface area contributed by atoms with Gasteiger partial charge >= 0.3 is 0 Å². The SMILES string of the molecule is CCCn1cc(CNc2ccc(N3CCCC3)cc2)cn1. The standard InChI is InChI=1S/C17H24N4/c1-2-9-21-14-15(13-19-21)12-18-16-5-7-17(8-6-16)20-10-3-4-11-20/h5-8,13-14,18H,2-4,9-12H2,1H3. The molecule has 0 spiro atoms. The van der Waals surface area contributed by atoms with Crippen LogP contribution in [0.5, 0.6) is 0 Å². The van der Waals surface area contributed by atoms with Crippen LogP contribution < -0.4 is 10.2 Å². The Morgan fingerprint density at radius 2 is 1.90 bits per heavy atom. The number of nitrogens with zero attached hydrogens (tertiary/aromatic N) is 3. The molecule has 112 valence electrons. The van der Waals surface area contributed by atoms with Crippen LogP contribution in [-0.4, -0.2) is 22.9 Å². The van der Waals surface area contributed by atoms with E-state index in [4.69, 9.17) is 0 Å². The molecule has 3 rings (SSSR count). The minimum atomic E-state index is 0.826. The maximum atomic E-state index is 4.35. The Morgan fingerprint density at radius 1 is 1.14 bits per heavy atom. The van der Waals surface area contributed by atoms with Gasteiger partial charge in [-0.1, -0.05) is 6.92 Å². The fraction of sp³-hybridized carbons (Fsp3) is 0.471. The lowest BCUT2D eigenvalue weighted by atomic mass is 10.2. The van der Waals surface area contributed by atoms with E-state index in [1.165, 1.54) is 42.9 Å². The van der Waals surface area contributed by atoms with Crippen LogP contribution in [0, 0.1) is 0 Å². The monoisotopic (exact) mass is 284 g/mol. The summed E-state index contributed by atoms with van der Waals surface area (Å²) in [6, 6.07) is 8.77.